The third-order valence-electron chi connectivity index (χ3n) is 4.15. The second kappa shape index (κ2) is 7.17. The molecule has 3 nitrogen and oxygen atoms in total. The molecule has 3 aromatic carbocycles. The molecule has 0 aromatic heterocycles. The van der Waals surface area contributed by atoms with Gasteiger partial charge in [0.05, 0.1) is 5.69 Å². The molecule has 0 bridgehead atoms. The molecule has 1 aliphatic heterocycles. The van der Waals surface area contributed by atoms with Gasteiger partial charge in [-0.1, -0.05) is 54.1 Å². The van der Waals surface area contributed by atoms with Crippen molar-refractivity contribution >= 4 is 35.1 Å². The fourth-order valence-electron chi connectivity index (χ4n) is 2.84. The van der Waals surface area contributed by atoms with E-state index >= 15 is 0 Å². The van der Waals surface area contributed by atoms with Crippen molar-refractivity contribution in [2.45, 2.75) is 0 Å². The highest BCUT2D eigenvalue weighted by Crippen LogP contribution is 2.28. The highest BCUT2D eigenvalue weighted by Gasteiger charge is 2.32. The summed E-state index contributed by atoms with van der Waals surface area (Å²) < 4.78 is 13.1. The lowest BCUT2D eigenvalue weighted by molar-refractivity contribution is -0.113. The number of amides is 1. The van der Waals surface area contributed by atoms with Gasteiger partial charge in [0.15, 0.2) is 0 Å². The zero-order valence-corrected chi connectivity index (χ0v) is 14.9. The number of nitrogens with zero attached hydrogens (tertiary/aromatic N) is 2. The first kappa shape index (κ1) is 17.2. The summed E-state index contributed by atoms with van der Waals surface area (Å²) >= 11 is 5.98. The third-order valence-corrected chi connectivity index (χ3v) is 4.40. The molecule has 1 heterocycles. The first-order valence-electron chi connectivity index (χ1n) is 8.33. The standard InChI is InChI=1S/C22H14ClFN2O/c23-17-8-12-19(13-9-17)26-21(16-4-2-1-3-5-16)25-20(22(26)27)14-15-6-10-18(24)11-7-15/h1-14H/b20-14+. The molecule has 4 rings (SSSR count). The Hall–Kier alpha value is -3.24. The molecule has 5 heteroatoms. The normalized spacial score (nSPS) is 15.3. The van der Waals surface area contributed by atoms with Gasteiger partial charge in [-0.2, -0.15) is 0 Å². The SMILES string of the molecule is O=C1/C(=C\c2ccc(F)cc2)N=C(c2ccccc2)N1c1ccc(Cl)cc1. The Bertz CT molecular complexity index is 1040. The van der Waals surface area contributed by atoms with Crippen LogP contribution in [0.2, 0.25) is 5.02 Å². The lowest BCUT2D eigenvalue weighted by Crippen LogP contribution is -2.32. The molecule has 0 unspecified atom stereocenters. The number of hydrogen-bond donors (Lipinski definition) is 0. The van der Waals surface area contributed by atoms with Crippen molar-refractivity contribution in [2.75, 3.05) is 4.90 Å². The number of carbonyl (C=O) groups is 1. The Morgan fingerprint density at radius 2 is 1.56 bits per heavy atom. The van der Waals surface area contributed by atoms with E-state index in [1.54, 1.807) is 47.4 Å². The lowest BCUT2D eigenvalue weighted by atomic mass is 10.1. The minimum absolute atomic E-state index is 0.250. The number of benzene rings is 3. The van der Waals surface area contributed by atoms with Crippen LogP contribution in [0, 0.1) is 5.82 Å². The molecule has 1 amide bonds. The first-order valence-corrected chi connectivity index (χ1v) is 8.71. The van der Waals surface area contributed by atoms with Gasteiger partial charge in [-0.3, -0.25) is 9.69 Å². The van der Waals surface area contributed by atoms with E-state index in [9.17, 15) is 9.18 Å². The van der Waals surface area contributed by atoms with Crippen molar-refractivity contribution in [3.8, 4) is 0 Å². The van der Waals surface area contributed by atoms with E-state index in [0.29, 0.717) is 22.1 Å². The molecule has 0 atom stereocenters. The van der Waals surface area contributed by atoms with Gasteiger partial charge < -0.3 is 0 Å². The molecule has 0 fully saturated rings. The molecular formula is C22H14ClFN2O. The third kappa shape index (κ3) is 3.52. The molecule has 3 aromatic rings. The number of anilines is 1. The zero-order chi connectivity index (χ0) is 18.8. The predicted octanol–water partition coefficient (Wildman–Crippen LogP) is 5.31. The number of hydrogen-bond acceptors (Lipinski definition) is 2. The molecular weight excluding hydrogens is 363 g/mol. The van der Waals surface area contributed by atoms with E-state index in [-0.39, 0.29) is 17.4 Å². The summed E-state index contributed by atoms with van der Waals surface area (Å²) in [4.78, 5) is 19.2. The van der Waals surface area contributed by atoms with Crippen LogP contribution >= 0.6 is 11.6 Å². The molecule has 0 spiro atoms. The maximum atomic E-state index is 13.1. The molecule has 0 aliphatic carbocycles. The van der Waals surface area contributed by atoms with Gasteiger partial charge in [0.2, 0.25) is 0 Å². The van der Waals surface area contributed by atoms with Gasteiger partial charge in [-0.15, -0.1) is 0 Å². The van der Waals surface area contributed by atoms with Crippen LogP contribution < -0.4 is 4.90 Å². The Kier molecular flexibility index (Phi) is 4.57. The van der Waals surface area contributed by atoms with E-state index in [2.05, 4.69) is 4.99 Å². The van der Waals surface area contributed by atoms with Crippen molar-refractivity contribution < 1.29 is 9.18 Å². The summed E-state index contributed by atoms with van der Waals surface area (Å²) in [5.74, 6) is -0.0389. The van der Waals surface area contributed by atoms with Crippen molar-refractivity contribution in [1.29, 1.82) is 0 Å². The van der Waals surface area contributed by atoms with Gasteiger partial charge >= 0.3 is 0 Å². The fourth-order valence-corrected chi connectivity index (χ4v) is 2.97. The Labute approximate surface area is 161 Å². The summed E-state index contributed by atoms with van der Waals surface area (Å²) in [7, 11) is 0. The van der Waals surface area contributed by atoms with Crippen molar-refractivity contribution in [1.82, 2.24) is 0 Å². The van der Waals surface area contributed by atoms with Crippen LogP contribution in [0.1, 0.15) is 11.1 Å². The van der Waals surface area contributed by atoms with Gasteiger partial charge in [0.1, 0.15) is 17.3 Å². The van der Waals surface area contributed by atoms with Gasteiger partial charge in [0.25, 0.3) is 5.91 Å². The quantitative estimate of drug-likeness (QED) is 0.570. The number of aliphatic imine (C=N–C) groups is 1. The van der Waals surface area contributed by atoms with Crippen LogP contribution in [0.4, 0.5) is 10.1 Å². The monoisotopic (exact) mass is 376 g/mol. The molecule has 0 saturated heterocycles. The second-order valence-corrected chi connectivity index (χ2v) is 6.44. The minimum atomic E-state index is -0.328. The van der Waals surface area contributed by atoms with Gasteiger partial charge in [-0.05, 0) is 48.0 Å². The summed E-state index contributed by atoms with van der Waals surface area (Å²) in [5, 5.41) is 0.589. The Morgan fingerprint density at radius 1 is 0.889 bits per heavy atom. The smallest absolute Gasteiger partial charge is 0.266 e. The molecule has 0 N–H and O–H groups in total. The van der Waals surface area contributed by atoms with Crippen LogP contribution in [0.15, 0.2) is 89.6 Å². The number of amidine groups is 1. The van der Waals surface area contributed by atoms with E-state index in [1.165, 1.54) is 12.1 Å². The Morgan fingerprint density at radius 3 is 2.22 bits per heavy atom. The van der Waals surface area contributed by atoms with Crippen LogP contribution in [0.25, 0.3) is 6.08 Å². The largest absolute Gasteiger partial charge is 0.282 e. The molecule has 1 aliphatic rings. The highest BCUT2D eigenvalue weighted by molar-refractivity contribution is 6.33. The summed E-state index contributed by atoms with van der Waals surface area (Å²) in [6.45, 7) is 0. The molecule has 132 valence electrons. The second-order valence-electron chi connectivity index (χ2n) is 6.00. The van der Waals surface area contributed by atoms with Crippen LogP contribution in [-0.2, 0) is 4.79 Å². The van der Waals surface area contributed by atoms with E-state index in [1.807, 2.05) is 30.3 Å². The maximum absolute atomic E-state index is 13.1. The number of rotatable bonds is 3. The van der Waals surface area contributed by atoms with Crippen LogP contribution in [0.3, 0.4) is 0 Å². The maximum Gasteiger partial charge on any atom is 0.282 e. The molecule has 0 radical (unpaired) electrons. The van der Waals surface area contributed by atoms with Crippen molar-refractivity contribution in [3.05, 3.63) is 107 Å². The van der Waals surface area contributed by atoms with Crippen LogP contribution in [-0.4, -0.2) is 11.7 Å². The highest BCUT2D eigenvalue weighted by atomic mass is 35.5. The van der Waals surface area contributed by atoms with Gasteiger partial charge in [-0.25, -0.2) is 9.38 Å². The number of carbonyl (C=O) groups excluding carboxylic acids is 1. The molecule has 27 heavy (non-hydrogen) atoms. The van der Waals surface area contributed by atoms with Crippen LogP contribution in [0.5, 0.6) is 0 Å². The average Bonchev–Trinajstić information content (AvgIpc) is 3.01. The van der Waals surface area contributed by atoms with E-state index < -0.39 is 0 Å². The fraction of sp³-hybridized carbons (Fsp3) is 0. The molecule has 0 saturated carbocycles. The first-order chi connectivity index (χ1) is 13.1. The van der Waals surface area contributed by atoms with Crippen molar-refractivity contribution in [2.24, 2.45) is 4.99 Å². The average molecular weight is 377 g/mol. The predicted molar refractivity (Wildman–Crippen MR) is 106 cm³/mol. The summed E-state index contributed by atoms with van der Waals surface area (Å²) in [6.07, 6.45) is 1.65. The zero-order valence-electron chi connectivity index (χ0n) is 14.1. The summed E-state index contributed by atoms with van der Waals surface area (Å²) in [6, 6.07) is 22.4. The Balaban J connectivity index is 1.80. The lowest BCUT2D eigenvalue weighted by Gasteiger charge is -2.18. The number of halogens is 2. The minimum Gasteiger partial charge on any atom is -0.266 e. The van der Waals surface area contributed by atoms with Gasteiger partial charge in [0, 0.05) is 10.6 Å². The van der Waals surface area contributed by atoms with Crippen molar-refractivity contribution in [3.63, 3.8) is 0 Å². The van der Waals surface area contributed by atoms with E-state index in [0.717, 1.165) is 5.56 Å². The topological polar surface area (TPSA) is 32.7 Å². The van der Waals surface area contributed by atoms with E-state index in [4.69, 9.17) is 11.6 Å². The summed E-state index contributed by atoms with van der Waals surface area (Å²) in [5.41, 5.74) is 2.49.